The summed E-state index contributed by atoms with van der Waals surface area (Å²) in [4.78, 5) is 60.2. The van der Waals surface area contributed by atoms with Crippen molar-refractivity contribution >= 4 is 52.8 Å². The second-order valence-electron chi connectivity index (χ2n) is 13.3. The Morgan fingerprint density at radius 3 is 2.02 bits per heavy atom. The summed E-state index contributed by atoms with van der Waals surface area (Å²) in [5, 5.41) is 14.0. The largest absolute Gasteiger partial charge is 0.444 e. The first-order valence-corrected chi connectivity index (χ1v) is 16.3. The molecule has 0 bridgehead atoms. The van der Waals surface area contributed by atoms with Gasteiger partial charge in [-0.25, -0.2) is 19.4 Å². The predicted octanol–water partition coefficient (Wildman–Crippen LogP) is 7.09. The van der Waals surface area contributed by atoms with Gasteiger partial charge in [0.05, 0.1) is 17.2 Å². The number of carbonyl (C=O) groups excluding carboxylic acids is 4. The average molecular weight is 680 g/mol. The number of anilines is 2. The van der Waals surface area contributed by atoms with Crippen LogP contribution in [0.1, 0.15) is 87.9 Å². The molecule has 1 heterocycles. The molecule has 0 spiro atoms. The fourth-order valence-corrected chi connectivity index (χ4v) is 4.73. The van der Waals surface area contributed by atoms with Crippen LogP contribution in [0.4, 0.5) is 25.8 Å². The van der Waals surface area contributed by atoms with Crippen LogP contribution in [0.5, 0.6) is 0 Å². The van der Waals surface area contributed by atoms with Crippen LogP contribution in [-0.2, 0) is 22.6 Å². The quantitative estimate of drug-likeness (QED) is 0.145. The maximum absolute atomic E-state index is 12.9. The van der Waals surface area contributed by atoms with Gasteiger partial charge in [-0.3, -0.25) is 10.1 Å². The van der Waals surface area contributed by atoms with Gasteiger partial charge in [0.2, 0.25) is 5.96 Å². The van der Waals surface area contributed by atoms with Crippen LogP contribution >= 0.6 is 11.3 Å². The van der Waals surface area contributed by atoms with Crippen LogP contribution in [-0.4, -0.2) is 58.2 Å². The van der Waals surface area contributed by atoms with Crippen molar-refractivity contribution < 1.29 is 28.7 Å². The van der Waals surface area contributed by atoms with E-state index in [0.29, 0.717) is 35.9 Å². The molecule has 0 aliphatic rings. The molecule has 258 valence electrons. The number of aromatic nitrogens is 1. The monoisotopic (exact) mass is 679 g/mol. The Morgan fingerprint density at radius 1 is 0.875 bits per heavy atom. The van der Waals surface area contributed by atoms with E-state index < -0.39 is 23.4 Å². The van der Waals surface area contributed by atoms with Gasteiger partial charge >= 0.3 is 18.2 Å². The SMILES string of the molecule is CC(C)c1nc(CN(C)C(=O)NCc2ccc(NC(=O)c3ccc(N/C(=N\C(=O)OC(C)(C)C)NC(=O)OC(C)(C)C)cc3)cc2)cs1. The molecule has 13 nitrogen and oxygen atoms in total. The lowest BCUT2D eigenvalue weighted by atomic mass is 10.1. The number of ether oxygens (including phenoxy) is 2. The molecule has 3 rings (SSSR count). The molecular formula is C34H45N7O6S. The smallest absolute Gasteiger partial charge is 0.437 e. The third-order valence-electron chi connectivity index (χ3n) is 6.09. The van der Waals surface area contributed by atoms with Gasteiger partial charge in [-0.1, -0.05) is 26.0 Å². The summed E-state index contributed by atoms with van der Waals surface area (Å²) in [6.45, 7) is 15.1. The van der Waals surface area contributed by atoms with E-state index in [1.807, 2.05) is 17.5 Å². The van der Waals surface area contributed by atoms with Gasteiger partial charge < -0.3 is 30.3 Å². The second kappa shape index (κ2) is 16.2. The third-order valence-corrected chi connectivity index (χ3v) is 7.28. The summed E-state index contributed by atoms with van der Waals surface area (Å²) in [6.07, 6.45) is -1.73. The van der Waals surface area contributed by atoms with Gasteiger partial charge in [0.1, 0.15) is 11.2 Å². The van der Waals surface area contributed by atoms with E-state index in [0.717, 1.165) is 16.3 Å². The van der Waals surface area contributed by atoms with E-state index in [1.54, 1.807) is 101 Å². The molecule has 2 aromatic carbocycles. The van der Waals surface area contributed by atoms with Crippen LogP contribution in [0.15, 0.2) is 58.9 Å². The molecular weight excluding hydrogens is 634 g/mol. The Kier molecular flexibility index (Phi) is 12.7. The van der Waals surface area contributed by atoms with E-state index in [2.05, 4.69) is 45.1 Å². The van der Waals surface area contributed by atoms with E-state index in [9.17, 15) is 19.2 Å². The minimum Gasteiger partial charge on any atom is -0.444 e. The Bertz CT molecular complexity index is 1600. The van der Waals surface area contributed by atoms with Crippen molar-refractivity contribution in [2.24, 2.45) is 4.99 Å². The summed E-state index contributed by atoms with van der Waals surface area (Å²) in [7, 11) is 1.72. The highest BCUT2D eigenvalue weighted by Gasteiger charge is 2.21. The molecule has 0 aliphatic carbocycles. The molecule has 0 atom stereocenters. The van der Waals surface area contributed by atoms with Crippen molar-refractivity contribution in [1.82, 2.24) is 20.5 Å². The lowest BCUT2D eigenvalue weighted by Gasteiger charge is -2.21. The van der Waals surface area contributed by atoms with Crippen LogP contribution in [0.2, 0.25) is 0 Å². The molecule has 0 fully saturated rings. The molecule has 0 saturated carbocycles. The van der Waals surface area contributed by atoms with E-state index in [4.69, 9.17) is 9.47 Å². The zero-order chi connectivity index (χ0) is 35.6. The number of nitrogens with zero attached hydrogens (tertiary/aromatic N) is 3. The summed E-state index contributed by atoms with van der Waals surface area (Å²) in [6, 6.07) is 13.3. The summed E-state index contributed by atoms with van der Waals surface area (Å²) >= 11 is 1.60. The molecule has 4 N–H and O–H groups in total. The normalized spacial score (nSPS) is 11.8. The number of rotatable bonds is 8. The van der Waals surface area contributed by atoms with Crippen molar-refractivity contribution in [1.29, 1.82) is 0 Å². The highest BCUT2D eigenvalue weighted by atomic mass is 32.1. The fraction of sp³-hybridized carbons (Fsp3) is 0.412. The number of hydrogen-bond acceptors (Lipinski definition) is 8. The Hall–Kier alpha value is -4.98. The first-order chi connectivity index (χ1) is 22.4. The van der Waals surface area contributed by atoms with Crippen LogP contribution in [0.25, 0.3) is 0 Å². The van der Waals surface area contributed by atoms with E-state index in [1.165, 1.54) is 0 Å². The zero-order valence-electron chi connectivity index (χ0n) is 28.9. The maximum Gasteiger partial charge on any atom is 0.437 e. The van der Waals surface area contributed by atoms with Gasteiger partial charge in [0.15, 0.2) is 0 Å². The molecule has 3 aromatic rings. The minimum absolute atomic E-state index is 0.210. The van der Waals surface area contributed by atoms with E-state index >= 15 is 0 Å². The highest BCUT2D eigenvalue weighted by Crippen LogP contribution is 2.20. The van der Waals surface area contributed by atoms with Gasteiger partial charge in [-0.15, -0.1) is 16.3 Å². The topological polar surface area (TPSA) is 163 Å². The summed E-state index contributed by atoms with van der Waals surface area (Å²) in [5.74, 6) is -0.207. The fourth-order valence-electron chi connectivity index (χ4n) is 3.90. The lowest BCUT2D eigenvalue weighted by Crippen LogP contribution is -2.40. The van der Waals surface area contributed by atoms with Crippen molar-refractivity contribution in [3.8, 4) is 0 Å². The summed E-state index contributed by atoms with van der Waals surface area (Å²) in [5.41, 5.74) is 1.54. The molecule has 48 heavy (non-hydrogen) atoms. The third kappa shape index (κ3) is 13.0. The predicted molar refractivity (Wildman–Crippen MR) is 187 cm³/mol. The second-order valence-corrected chi connectivity index (χ2v) is 14.2. The number of amides is 5. The number of alkyl carbamates (subject to hydrolysis) is 1. The van der Waals surface area contributed by atoms with Crippen molar-refractivity contribution in [2.75, 3.05) is 17.7 Å². The van der Waals surface area contributed by atoms with Crippen molar-refractivity contribution in [2.45, 2.75) is 85.6 Å². The standard InChI is InChI=1S/C34H45N7O6S/c1-21(2)28-37-26(20-48-28)19-41(9)30(43)35-18-22-10-14-24(15-11-22)36-27(42)23-12-16-25(17-13-23)38-29(39-31(44)46-33(3,4)5)40-32(45)47-34(6,7)8/h10-17,20-21H,18-19H2,1-9H3,(H,35,43)(H,36,42)(H2,38,39,40,44,45). The molecule has 0 aliphatic heterocycles. The van der Waals surface area contributed by atoms with E-state index in [-0.39, 0.29) is 17.9 Å². The van der Waals surface area contributed by atoms with Gasteiger partial charge in [-0.05, 0) is 83.5 Å². The number of aliphatic imine (C=N–C) groups is 1. The Balaban J connectivity index is 1.55. The molecule has 14 heteroatoms. The lowest BCUT2D eigenvalue weighted by molar-refractivity contribution is 0.0562. The number of carbonyl (C=O) groups is 4. The zero-order valence-corrected chi connectivity index (χ0v) is 29.7. The first kappa shape index (κ1) is 37.5. The Labute approximate surface area is 285 Å². The van der Waals surface area contributed by atoms with Crippen LogP contribution in [0, 0.1) is 0 Å². The molecule has 0 radical (unpaired) electrons. The highest BCUT2D eigenvalue weighted by molar-refractivity contribution is 7.09. The molecule has 0 saturated heterocycles. The van der Waals surface area contributed by atoms with Crippen LogP contribution in [0.3, 0.4) is 0 Å². The van der Waals surface area contributed by atoms with Gasteiger partial charge in [-0.2, -0.15) is 0 Å². The van der Waals surface area contributed by atoms with Crippen LogP contribution < -0.4 is 21.3 Å². The molecule has 0 unspecified atom stereocenters. The average Bonchev–Trinajstić information content (AvgIpc) is 3.43. The summed E-state index contributed by atoms with van der Waals surface area (Å²) < 4.78 is 10.5. The molecule has 1 aromatic heterocycles. The van der Waals surface area contributed by atoms with Gasteiger partial charge in [0, 0.05) is 41.8 Å². The number of guanidine groups is 1. The minimum atomic E-state index is -0.912. The van der Waals surface area contributed by atoms with Crippen molar-refractivity contribution in [3.63, 3.8) is 0 Å². The number of benzene rings is 2. The number of thiazole rings is 1. The van der Waals surface area contributed by atoms with Gasteiger partial charge in [0.25, 0.3) is 5.91 Å². The molecule has 5 amide bonds. The number of nitrogens with one attached hydrogen (secondary N) is 4. The Morgan fingerprint density at radius 2 is 1.46 bits per heavy atom. The van der Waals surface area contributed by atoms with Crippen molar-refractivity contribution in [3.05, 3.63) is 75.7 Å². The number of hydrogen-bond donors (Lipinski definition) is 4. The maximum atomic E-state index is 12.9. The first-order valence-electron chi connectivity index (χ1n) is 15.4. The number of urea groups is 1.